The third kappa shape index (κ3) is 12.8. The third-order valence-corrected chi connectivity index (χ3v) is 22.4. The van der Waals surface area contributed by atoms with Crippen molar-refractivity contribution in [1.29, 1.82) is 0 Å². The van der Waals surface area contributed by atoms with Gasteiger partial charge in [0.2, 0.25) is 0 Å². The highest BCUT2D eigenvalue weighted by molar-refractivity contribution is 6.20. The highest BCUT2D eigenvalue weighted by atomic mass is 14.9. The van der Waals surface area contributed by atoms with Gasteiger partial charge in [-0.1, -0.05) is 322 Å². The molecule has 116 heavy (non-hydrogen) atoms. The second-order valence-corrected chi connectivity index (χ2v) is 29.4. The lowest BCUT2D eigenvalue weighted by molar-refractivity contribution is 1.19. The summed E-state index contributed by atoms with van der Waals surface area (Å²) in [4.78, 5) is 35.7. The molecule has 0 unspecified atom stereocenters. The van der Waals surface area contributed by atoms with E-state index in [0.29, 0.717) is 5.82 Å². The molecule has 0 atom stereocenters. The molecule has 0 aliphatic rings. The van der Waals surface area contributed by atoms with Crippen LogP contribution < -0.4 is 0 Å². The van der Waals surface area contributed by atoms with Gasteiger partial charge in [-0.2, -0.15) is 0 Å². The molecule has 540 valence electrons. The van der Waals surface area contributed by atoms with Gasteiger partial charge in [0, 0.05) is 72.5 Å². The fourth-order valence-corrected chi connectivity index (χ4v) is 16.9. The lowest BCUT2D eigenvalue weighted by Crippen LogP contribution is -1.98. The molecule has 6 aromatic heterocycles. The molecule has 0 fully saturated rings. The molecule has 7 nitrogen and oxygen atoms in total. The van der Waals surface area contributed by atoms with Crippen molar-refractivity contribution in [2.45, 2.75) is 0 Å². The first-order valence-corrected chi connectivity index (χ1v) is 39.2. The van der Waals surface area contributed by atoms with Crippen molar-refractivity contribution in [3.63, 3.8) is 0 Å². The number of pyridine rings is 5. The normalized spacial score (nSPS) is 11.4. The lowest BCUT2D eigenvalue weighted by atomic mass is 9.91. The van der Waals surface area contributed by atoms with Gasteiger partial charge < -0.3 is 0 Å². The Kier molecular flexibility index (Phi) is 17.5. The van der Waals surface area contributed by atoms with Crippen molar-refractivity contribution in [3.8, 4) is 135 Å². The van der Waals surface area contributed by atoms with Crippen LogP contribution >= 0.6 is 0 Å². The Morgan fingerprint density at radius 1 is 0.155 bits per heavy atom. The average Bonchev–Trinajstić information content (AvgIpc) is 0.720. The van der Waals surface area contributed by atoms with E-state index < -0.39 is 0 Å². The molecule has 22 rings (SSSR count). The Bertz CT molecular complexity index is 7340. The van der Waals surface area contributed by atoms with Gasteiger partial charge >= 0.3 is 0 Å². The minimum Gasteiger partial charge on any atom is -0.255 e. The van der Waals surface area contributed by atoms with Crippen LogP contribution in [0.2, 0.25) is 0 Å². The summed E-state index contributed by atoms with van der Waals surface area (Å²) in [5.74, 6) is 0.693. The summed E-state index contributed by atoms with van der Waals surface area (Å²) >= 11 is 0. The van der Waals surface area contributed by atoms with Crippen LogP contribution in [0.4, 0.5) is 0 Å². The van der Waals surface area contributed by atoms with Crippen LogP contribution in [-0.4, -0.2) is 34.9 Å². The zero-order valence-corrected chi connectivity index (χ0v) is 63.0. The molecule has 0 aliphatic heterocycles. The minimum absolute atomic E-state index is 0.693. The minimum atomic E-state index is 0.693. The van der Waals surface area contributed by atoms with Crippen LogP contribution in [-0.2, 0) is 0 Å². The first-order valence-electron chi connectivity index (χ1n) is 39.2. The topological polar surface area (TPSA) is 90.2 Å². The summed E-state index contributed by atoms with van der Waals surface area (Å²) in [6, 6.07) is 144. The summed E-state index contributed by atoms with van der Waals surface area (Å²) in [5.41, 5.74) is 25.6. The maximum atomic E-state index is 5.50. The summed E-state index contributed by atoms with van der Waals surface area (Å²) in [7, 11) is 0. The van der Waals surface area contributed by atoms with Gasteiger partial charge in [-0.15, -0.1) is 0 Å². The summed E-state index contributed by atoms with van der Waals surface area (Å²) in [6.07, 6.45) is 3.60. The van der Waals surface area contributed by atoms with Crippen LogP contribution in [0.5, 0.6) is 0 Å². The number of aromatic nitrogens is 7. The van der Waals surface area contributed by atoms with E-state index in [1.807, 2.05) is 42.5 Å². The van der Waals surface area contributed by atoms with Crippen molar-refractivity contribution < 1.29 is 0 Å². The van der Waals surface area contributed by atoms with Gasteiger partial charge in [0.15, 0.2) is 5.82 Å². The molecule has 6 heterocycles. The molecular formula is C109H69N7. The van der Waals surface area contributed by atoms with E-state index in [2.05, 4.69) is 374 Å². The van der Waals surface area contributed by atoms with Gasteiger partial charge in [-0.3, -0.25) is 9.97 Å². The van der Waals surface area contributed by atoms with E-state index in [9.17, 15) is 0 Å². The Labute approximate surface area is 670 Å². The highest BCUT2D eigenvalue weighted by Gasteiger charge is 2.22. The van der Waals surface area contributed by atoms with E-state index in [-0.39, 0.29) is 0 Å². The smallest absolute Gasteiger partial charge is 0.161 e. The Hall–Kier alpha value is -15.6. The van der Waals surface area contributed by atoms with Crippen molar-refractivity contribution in [2.24, 2.45) is 0 Å². The van der Waals surface area contributed by atoms with Gasteiger partial charge in [0.1, 0.15) is 0 Å². The van der Waals surface area contributed by atoms with Crippen molar-refractivity contribution in [3.05, 3.63) is 419 Å². The number of fused-ring (bicyclic) bond motifs is 12. The third-order valence-electron chi connectivity index (χ3n) is 22.4. The van der Waals surface area contributed by atoms with E-state index in [4.69, 9.17) is 24.9 Å². The second-order valence-electron chi connectivity index (χ2n) is 29.4. The van der Waals surface area contributed by atoms with Crippen molar-refractivity contribution in [1.82, 2.24) is 34.9 Å². The molecule has 0 spiro atoms. The van der Waals surface area contributed by atoms with E-state index in [1.165, 1.54) is 60.0 Å². The maximum Gasteiger partial charge on any atom is 0.161 e. The maximum absolute atomic E-state index is 5.50. The predicted octanol–water partition coefficient (Wildman–Crippen LogP) is 28.4. The number of benzene rings is 16. The highest BCUT2D eigenvalue weighted by Crippen LogP contribution is 2.45. The second kappa shape index (κ2) is 29.6. The molecule has 0 amide bonds. The van der Waals surface area contributed by atoms with Crippen LogP contribution in [0, 0.1) is 0 Å². The number of rotatable bonds is 12. The quantitative estimate of drug-likeness (QED) is 0.113. The van der Waals surface area contributed by atoms with Crippen molar-refractivity contribution >= 4 is 86.4 Å². The van der Waals surface area contributed by atoms with Crippen LogP contribution in [0.25, 0.3) is 221 Å². The van der Waals surface area contributed by atoms with Crippen LogP contribution in [0.1, 0.15) is 0 Å². The van der Waals surface area contributed by atoms with Gasteiger partial charge in [0.25, 0.3) is 0 Å². The summed E-state index contributed by atoms with van der Waals surface area (Å²) in [5, 5.41) is 16.4. The van der Waals surface area contributed by atoms with Gasteiger partial charge in [0.05, 0.1) is 56.6 Å². The molecule has 16 aromatic carbocycles. The molecule has 0 saturated heterocycles. The molecule has 7 heteroatoms. The Balaban J connectivity index is 0.000000151. The Morgan fingerprint density at radius 2 is 0.534 bits per heavy atom. The summed E-state index contributed by atoms with van der Waals surface area (Å²) in [6.45, 7) is 0. The zero-order chi connectivity index (χ0) is 76.8. The zero-order valence-electron chi connectivity index (χ0n) is 63.0. The van der Waals surface area contributed by atoms with E-state index in [1.54, 1.807) is 12.4 Å². The SMILES string of the molecule is c1ccc(-c2nc3ccc(-c4ccc(-c5cc(-c6ccccn6)nc(-c6ccccn6)c5)cc4)cc3c3c(-c4ccccc4)cccc23)cc1.c1ccc(-c2nc3ccc(-c4cccc(-c5cc(-c6cc7ccccc7c7ccccc67)nc(-c6cc7ccccc7c7ccccc67)n5)c4)cc3c3c(-c4ccccc4)cccc23)cc1. The lowest BCUT2D eigenvalue weighted by Gasteiger charge is -2.16. The fraction of sp³-hybridized carbons (Fsp3) is 0. The molecular weight excluding hydrogens is 1410 g/mol. The van der Waals surface area contributed by atoms with Gasteiger partial charge in [-0.25, -0.2) is 24.9 Å². The fourth-order valence-electron chi connectivity index (χ4n) is 16.9. The number of hydrogen-bond acceptors (Lipinski definition) is 7. The monoisotopic (exact) mass is 1480 g/mol. The Morgan fingerprint density at radius 3 is 1.04 bits per heavy atom. The molecule has 0 N–H and O–H groups in total. The molecule has 0 bridgehead atoms. The largest absolute Gasteiger partial charge is 0.255 e. The van der Waals surface area contributed by atoms with Crippen molar-refractivity contribution in [2.75, 3.05) is 0 Å². The molecule has 0 radical (unpaired) electrons. The van der Waals surface area contributed by atoms with E-state index >= 15 is 0 Å². The van der Waals surface area contributed by atoms with Crippen LogP contribution in [0.3, 0.4) is 0 Å². The number of nitrogens with zero attached hydrogens (tertiary/aromatic N) is 7. The van der Waals surface area contributed by atoms with Gasteiger partial charge in [-0.05, 0) is 184 Å². The van der Waals surface area contributed by atoms with E-state index in [0.717, 1.165) is 155 Å². The first kappa shape index (κ1) is 68.5. The first-order chi connectivity index (χ1) is 57.5. The molecule has 22 aromatic rings. The number of hydrogen-bond donors (Lipinski definition) is 0. The summed E-state index contributed by atoms with van der Waals surface area (Å²) < 4.78 is 0. The predicted molar refractivity (Wildman–Crippen MR) is 483 cm³/mol. The van der Waals surface area contributed by atoms with Crippen LogP contribution in [0.15, 0.2) is 419 Å². The standard InChI is InChI=1S/C63H39N3.C46H30N4/c1-3-17-40(18-4-1)49-31-16-32-54-61(49)57-36-43(33-34-58(57)64-62(54)41-19-5-2-6-20-41)42-23-15-24-46(35-42)59-39-60(55-37-44-21-7-9-25-47(44)50-27-11-13-29-52(50)55)66-63(65-59)56-38-45-22-8-10-26-48(45)51-28-12-14-30-53(51)56;1-3-12-33(13-4-1)37-16-11-17-38-45(37)39-28-35(24-25-40(39)50-46(38)34-14-5-2-6-15-34)31-20-22-32(23-21-31)36-29-43(41-18-7-9-26-47-41)49-44(30-36)42-19-8-10-27-48-42/h1-39H;1-30H. The molecule has 0 saturated carbocycles. The molecule has 0 aliphatic carbocycles. The average molecular weight is 1480 g/mol.